The number of aliphatic carboxylic acids is 1. The number of piperazine rings is 2. The summed E-state index contributed by atoms with van der Waals surface area (Å²) in [7, 11) is -3.64. The number of aryl methyl sites for hydroxylation is 2. The van der Waals surface area contributed by atoms with E-state index in [1.54, 1.807) is 18.5 Å². The van der Waals surface area contributed by atoms with Gasteiger partial charge in [0.2, 0.25) is 5.91 Å². The quantitative estimate of drug-likeness (QED) is 0.124. The second kappa shape index (κ2) is 22.1. The van der Waals surface area contributed by atoms with Gasteiger partial charge in [0.05, 0.1) is 25.5 Å². The lowest BCUT2D eigenvalue weighted by Crippen LogP contribution is -2.48. The molecule has 2 saturated heterocycles. The van der Waals surface area contributed by atoms with E-state index in [0.29, 0.717) is 18.2 Å². The number of carboxylic acid groups (broad SMARTS) is 1. The largest absolute Gasteiger partial charge is 0.542 e. The lowest BCUT2D eigenvalue weighted by Gasteiger charge is -2.36. The Bertz CT molecular complexity index is 2020. The van der Waals surface area contributed by atoms with Crippen LogP contribution in [-0.4, -0.2) is 119 Å². The molecule has 1 amide bonds. The number of hydrogen-bond acceptors (Lipinski definition) is 11. The average molecular weight is 899 g/mol. The Balaban J connectivity index is 0.000000229. The molecule has 0 aliphatic carbocycles. The summed E-state index contributed by atoms with van der Waals surface area (Å²) >= 11 is 0. The van der Waals surface area contributed by atoms with E-state index in [0.717, 1.165) is 63.9 Å². The molecule has 4 N–H and O–H groups in total. The molecule has 63 heavy (non-hydrogen) atoms. The number of carboxylic acids is 1. The summed E-state index contributed by atoms with van der Waals surface area (Å²) < 4.78 is 12.3. The van der Waals surface area contributed by atoms with Crippen LogP contribution in [0.5, 0.6) is 11.5 Å². The van der Waals surface area contributed by atoms with Crippen LogP contribution in [0.2, 0.25) is 36.3 Å². The molecule has 2 fully saturated rings. The number of carbonyl (C=O) groups excluding carboxylic acids is 1. The molecule has 6 rings (SSSR count). The molecule has 0 radical (unpaired) electrons. The lowest BCUT2D eigenvalue weighted by molar-refractivity contribution is -0.138. The molecule has 2 aromatic heterocycles. The van der Waals surface area contributed by atoms with Crippen LogP contribution in [0.3, 0.4) is 0 Å². The Hall–Kier alpha value is -4.97. The van der Waals surface area contributed by atoms with Crippen LogP contribution in [0.15, 0.2) is 85.2 Å². The molecule has 0 unspecified atom stereocenters. The molecule has 0 saturated carbocycles. The van der Waals surface area contributed by atoms with E-state index in [-0.39, 0.29) is 22.5 Å². The number of carbonyl (C=O) groups is 2. The lowest BCUT2D eigenvalue weighted by atomic mass is 10.2. The molecule has 344 valence electrons. The van der Waals surface area contributed by atoms with Crippen LogP contribution in [0.25, 0.3) is 0 Å². The standard InChI is InChI=1S/C24H36N4O2Si.C13H18N2O2.C11H20N2OSi/c1-19-7-9-20(10-8-19)28-15-13-27(14-16-28)18-23(29)26-22-12-11-21(17-25-22)30-31(5,6)24(2,3)4;1-11-2-4-12(5-3-11)15-8-6-14(7-9-15)10-13(16)17;1-11(2,3)15(4,5)14-9-6-7-10(12)13-8-9/h7-12,17H,13-16,18H2,1-6H3,(H,25,26,29);2-5H,6-10H2,1H3,(H,16,17);6-8H,1-5H3,(H2,12,13). The molecule has 0 atom stereocenters. The first kappa shape index (κ1) is 50.7. The third-order valence-corrected chi connectivity index (χ3v) is 21.1. The summed E-state index contributed by atoms with van der Waals surface area (Å²) in [6, 6.07) is 24.5. The number of nitrogen functional groups attached to an aromatic ring is 1. The fraction of sp³-hybridized carbons (Fsp3) is 0.500. The average Bonchev–Trinajstić information content (AvgIpc) is 3.20. The van der Waals surface area contributed by atoms with Gasteiger partial charge in [-0.1, -0.05) is 76.9 Å². The Morgan fingerprint density at radius 1 is 0.619 bits per heavy atom. The number of amides is 1. The molecule has 2 aromatic carbocycles. The molecule has 4 aromatic rings. The van der Waals surface area contributed by atoms with Gasteiger partial charge >= 0.3 is 5.97 Å². The van der Waals surface area contributed by atoms with Gasteiger partial charge in [0.15, 0.2) is 0 Å². The van der Waals surface area contributed by atoms with Gasteiger partial charge in [-0.15, -0.1) is 0 Å². The maximum Gasteiger partial charge on any atom is 0.317 e. The number of rotatable bonds is 11. The highest BCUT2D eigenvalue weighted by Gasteiger charge is 2.40. The van der Waals surface area contributed by atoms with Gasteiger partial charge in [-0.05, 0) is 98.6 Å². The zero-order valence-corrected chi connectivity index (χ0v) is 42.0. The molecule has 2 aliphatic heterocycles. The summed E-state index contributed by atoms with van der Waals surface area (Å²) in [6.45, 7) is 33.8. The smallest absolute Gasteiger partial charge is 0.317 e. The summed E-state index contributed by atoms with van der Waals surface area (Å²) in [6.07, 6.45) is 3.40. The minimum Gasteiger partial charge on any atom is -0.542 e. The first-order valence-electron chi connectivity index (χ1n) is 22.1. The number of nitrogens with two attached hydrogens (primary N) is 1. The fourth-order valence-electron chi connectivity index (χ4n) is 6.28. The van der Waals surface area contributed by atoms with Crippen LogP contribution in [0.1, 0.15) is 52.7 Å². The first-order chi connectivity index (χ1) is 29.4. The highest BCUT2D eigenvalue weighted by Crippen LogP contribution is 2.38. The van der Waals surface area contributed by atoms with Gasteiger partial charge in [0.25, 0.3) is 16.6 Å². The van der Waals surface area contributed by atoms with Gasteiger partial charge < -0.3 is 34.8 Å². The predicted molar refractivity (Wildman–Crippen MR) is 264 cm³/mol. The van der Waals surface area contributed by atoms with Crippen molar-refractivity contribution in [3.05, 3.63) is 96.3 Å². The van der Waals surface area contributed by atoms with E-state index in [1.807, 2.05) is 23.1 Å². The number of benzene rings is 2. The monoisotopic (exact) mass is 899 g/mol. The van der Waals surface area contributed by atoms with Crippen molar-refractivity contribution in [2.24, 2.45) is 0 Å². The van der Waals surface area contributed by atoms with Crippen LogP contribution >= 0.6 is 0 Å². The molecular weight excluding hydrogens is 825 g/mol. The number of anilines is 4. The predicted octanol–water partition coefficient (Wildman–Crippen LogP) is 8.78. The third-order valence-electron chi connectivity index (χ3n) is 12.4. The van der Waals surface area contributed by atoms with Crippen molar-refractivity contribution >= 4 is 51.5 Å². The molecule has 2 aliphatic rings. The van der Waals surface area contributed by atoms with Crippen molar-refractivity contribution in [2.45, 2.75) is 91.7 Å². The number of nitrogens with zero attached hydrogens (tertiary/aromatic N) is 6. The summed E-state index contributed by atoms with van der Waals surface area (Å²) in [5.41, 5.74) is 10.5. The van der Waals surface area contributed by atoms with Crippen molar-refractivity contribution in [3.63, 3.8) is 0 Å². The molecule has 13 nitrogen and oxygen atoms in total. The third kappa shape index (κ3) is 16.3. The van der Waals surface area contributed by atoms with Crippen LogP contribution in [-0.2, 0) is 9.59 Å². The highest BCUT2D eigenvalue weighted by atomic mass is 28.4. The van der Waals surface area contributed by atoms with Crippen LogP contribution in [0, 0.1) is 13.8 Å². The minimum atomic E-state index is -1.90. The second-order valence-electron chi connectivity index (χ2n) is 19.7. The second-order valence-corrected chi connectivity index (χ2v) is 29.1. The summed E-state index contributed by atoms with van der Waals surface area (Å²) in [4.78, 5) is 40.3. The van der Waals surface area contributed by atoms with Gasteiger partial charge in [-0.25, -0.2) is 9.97 Å². The van der Waals surface area contributed by atoms with Gasteiger partial charge in [0.1, 0.15) is 23.1 Å². The first-order valence-corrected chi connectivity index (χ1v) is 27.9. The van der Waals surface area contributed by atoms with E-state index in [1.165, 1.54) is 22.5 Å². The zero-order valence-electron chi connectivity index (χ0n) is 40.0. The Morgan fingerprint density at radius 3 is 1.37 bits per heavy atom. The SMILES string of the molecule is CC(C)(C)[Si](C)(C)Oc1ccc(N)nc1.Cc1ccc(N2CCN(CC(=O)Nc3ccc(O[Si](C)(C)C(C)(C)C)cn3)CC2)cc1.Cc1ccc(N2CCN(CC(=O)O)CC2)cc1. The summed E-state index contributed by atoms with van der Waals surface area (Å²) in [5, 5.41) is 12.0. The van der Waals surface area contributed by atoms with E-state index >= 15 is 0 Å². The zero-order chi connectivity index (χ0) is 46.6. The van der Waals surface area contributed by atoms with Crippen LogP contribution in [0.4, 0.5) is 23.0 Å². The molecule has 15 heteroatoms. The normalized spacial score (nSPS) is 15.3. The van der Waals surface area contributed by atoms with Crippen molar-refractivity contribution in [1.29, 1.82) is 0 Å². The van der Waals surface area contributed by atoms with Crippen molar-refractivity contribution < 1.29 is 23.5 Å². The van der Waals surface area contributed by atoms with E-state index in [4.69, 9.17) is 19.7 Å². The van der Waals surface area contributed by atoms with Gasteiger partial charge in [-0.3, -0.25) is 19.4 Å². The van der Waals surface area contributed by atoms with Crippen LogP contribution < -0.4 is 29.7 Å². The Labute approximate surface area is 379 Å². The number of pyridine rings is 2. The number of aromatic nitrogens is 2. The van der Waals surface area contributed by atoms with Crippen molar-refractivity contribution in [1.82, 2.24) is 19.8 Å². The maximum atomic E-state index is 12.5. The molecular formula is C48H74N8O5Si2. The number of nitrogens with one attached hydrogen (secondary N) is 1. The number of hydrogen-bond donors (Lipinski definition) is 3. The highest BCUT2D eigenvalue weighted by molar-refractivity contribution is 6.75. The molecule has 0 spiro atoms. The maximum absolute atomic E-state index is 12.5. The minimum absolute atomic E-state index is 0.0330. The molecule has 4 heterocycles. The molecule has 0 bridgehead atoms. The van der Waals surface area contributed by atoms with E-state index in [9.17, 15) is 9.59 Å². The van der Waals surface area contributed by atoms with E-state index in [2.05, 4.69) is 160 Å². The van der Waals surface area contributed by atoms with E-state index < -0.39 is 22.6 Å². The van der Waals surface area contributed by atoms with Gasteiger partial charge in [-0.2, -0.15) is 0 Å². The van der Waals surface area contributed by atoms with Crippen molar-refractivity contribution in [2.75, 3.05) is 86.3 Å². The Morgan fingerprint density at radius 2 is 1.02 bits per heavy atom. The topological polar surface area (TPSA) is 150 Å². The Kier molecular flexibility index (Phi) is 17.8. The summed E-state index contributed by atoms with van der Waals surface area (Å²) in [5.74, 6) is 1.89. The van der Waals surface area contributed by atoms with Gasteiger partial charge in [0, 0.05) is 63.7 Å². The fourth-order valence-corrected chi connectivity index (χ4v) is 8.31. The van der Waals surface area contributed by atoms with Crippen molar-refractivity contribution in [3.8, 4) is 11.5 Å².